The largest absolute Gasteiger partial charge is 0.463 e. The maximum absolute atomic E-state index is 13.6. The van der Waals surface area contributed by atoms with Gasteiger partial charge in [-0.15, -0.1) is 13.2 Å². The predicted molar refractivity (Wildman–Crippen MR) is 156 cm³/mol. The maximum Gasteiger partial charge on any atom is 0.309 e. The number of allylic oxidation sites excluding steroid dienone is 2. The number of carbonyl (C=O) groups is 3. The molecule has 1 N–H and O–H groups in total. The number of amides is 2. The van der Waals surface area contributed by atoms with E-state index in [1.54, 1.807) is 22.0 Å². The SMILES string of the molecule is C=CC[C@@H](Cc1ccccc1)C(=O)OC[C@@H]1CCCN1C(=O)[C@@H](CC=C)CC(=O)N(CCO)Cc1ccccc1. The molecule has 0 unspecified atom stereocenters. The van der Waals surface area contributed by atoms with Crippen LogP contribution in [0.3, 0.4) is 0 Å². The van der Waals surface area contributed by atoms with Crippen molar-refractivity contribution in [3.8, 4) is 0 Å². The Morgan fingerprint density at radius 1 is 0.975 bits per heavy atom. The van der Waals surface area contributed by atoms with Gasteiger partial charge in [-0.25, -0.2) is 0 Å². The highest BCUT2D eigenvalue weighted by Crippen LogP contribution is 2.25. The summed E-state index contributed by atoms with van der Waals surface area (Å²) in [6.45, 7) is 8.69. The third-order valence-corrected chi connectivity index (χ3v) is 7.35. The van der Waals surface area contributed by atoms with Gasteiger partial charge in [-0.2, -0.15) is 0 Å². The van der Waals surface area contributed by atoms with Crippen LogP contribution < -0.4 is 0 Å². The first-order chi connectivity index (χ1) is 19.5. The van der Waals surface area contributed by atoms with Crippen molar-refractivity contribution in [2.45, 2.75) is 51.1 Å². The highest BCUT2D eigenvalue weighted by molar-refractivity contribution is 5.86. The van der Waals surface area contributed by atoms with Gasteiger partial charge in [0.1, 0.15) is 6.61 Å². The average Bonchev–Trinajstić information content (AvgIpc) is 3.44. The van der Waals surface area contributed by atoms with Gasteiger partial charge in [-0.1, -0.05) is 72.8 Å². The second-order valence-corrected chi connectivity index (χ2v) is 10.3. The van der Waals surface area contributed by atoms with E-state index in [1.807, 2.05) is 60.7 Å². The molecule has 1 aliphatic heterocycles. The molecule has 1 fully saturated rings. The van der Waals surface area contributed by atoms with Crippen molar-refractivity contribution in [2.24, 2.45) is 11.8 Å². The van der Waals surface area contributed by atoms with Crippen LogP contribution in [0.15, 0.2) is 86.0 Å². The van der Waals surface area contributed by atoms with Gasteiger partial charge >= 0.3 is 5.97 Å². The molecule has 214 valence electrons. The quantitative estimate of drug-likeness (QED) is 0.246. The molecule has 3 atom stereocenters. The van der Waals surface area contributed by atoms with Crippen molar-refractivity contribution in [1.29, 1.82) is 0 Å². The molecule has 3 rings (SSSR count). The minimum absolute atomic E-state index is 0.0270. The number of likely N-dealkylation sites (tertiary alicyclic amines) is 1. The Morgan fingerprint density at radius 3 is 2.23 bits per heavy atom. The van der Waals surface area contributed by atoms with Crippen molar-refractivity contribution in [1.82, 2.24) is 9.80 Å². The molecule has 40 heavy (non-hydrogen) atoms. The van der Waals surface area contributed by atoms with Crippen molar-refractivity contribution >= 4 is 17.8 Å². The molecule has 2 amide bonds. The van der Waals surface area contributed by atoms with E-state index in [2.05, 4.69) is 13.2 Å². The van der Waals surface area contributed by atoms with E-state index in [1.165, 1.54) is 0 Å². The Balaban J connectivity index is 1.61. The summed E-state index contributed by atoms with van der Waals surface area (Å²) in [4.78, 5) is 43.2. The fourth-order valence-electron chi connectivity index (χ4n) is 5.22. The van der Waals surface area contributed by atoms with E-state index in [0.717, 1.165) is 24.0 Å². The molecule has 2 aromatic rings. The van der Waals surface area contributed by atoms with Crippen LogP contribution >= 0.6 is 0 Å². The van der Waals surface area contributed by atoms with Crippen LogP contribution in [0.2, 0.25) is 0 Å². The highest BCUT2D eigenvalue weighted by Gasteiger charge is 2.35. The third kappa shape index (κ3) is 9.19. The highest BCUT2D eigenvalue weighted by atomic mass is 16.5. The standard InChI is InChI=1S/C33H42N2O5/c1-3-12-28(23-31(37)34(20-21-36)24-27-16-9-6-10-17-27)32(38)35-19-11-18-30(35)25-40-33(39)29(13-4-2)22-26-14-7-5-8-15-26/h3-10,14-17,28-30,36H,1-2,11-13,18-25H2/t28-,29-,30-/m0/s1. The number of esters is 1. The zero-order valence-corrected chi connectivity index (χ0v) is 23.3. The van der Waals surface area contributed by atoms with Crippen LogP contribution in [0.1, 0.15) is 43.2 Å². The number of hydrogen-bond acceptors (Lipinski definition) is 5. The lowest BCUT2D eigenvalue weighted by atomic mass is 9.96. The van der Waals surface area contributed by atoms with Crippen LogP contribution in [0.5, 0.6) is 0 Å². The van der Waals surface area contributed by atoms with Crippen LogP contribution in [-0.2, 0) is 32.1 Å². The molecule has 0 spiro atoms. The molecular formula is C33H42N2O5. The minimum atomic E-state index is -0.565. The summed E-state index contributed by atoms with van der Waals surface area (Å²) in [7, 11) is 0. The first kappa shape index (κ1) is 30.8. The Kier molecular flexibility index (Phi) is 12.6. The number of aliphatic hydroxyl groups is 1. The molecule has 1 saturated heterocycles. The van der Waals surface area contributed by atoms with Gasteiger partial charge in [0.25, 0.3) is 0 Å². The molecule has 1 aliphatic rings. The summed E-state index contributed by atoms with van der Waals surface area (Å²) in [6, 6.07) is 19.2. The summed E-state index contributed by atoms with van der Waals surface area (Å²) in [5, 5.41) is 9.54. The molecule has 1 heterocycles. The van der Waals surface area contributed by atoms with Crippen molar-refractivity contribution in [2.75, 3.05) is 26.3 Å². The Morgan fingerprint density at radius 2 is 1.60 bits per heavy atom. The summed E-state index contributed by atoms with van der Waals surface area (Å²) in [5.41, 5.74) is 2.02. The fourth-order valence-corrected chi connectivity index (χ4v) is 5.22. The van der Waals surface area contributed by atoms with E-state index in [9.17, 15) is 19.5 Å². The smallest absolute Gasteiger partial charge is 0.309 e. The van der Waals surface area contributed by atoms with Crippen LogP contribution in [0.4, 0.5) is 0 Å². The number of nitrogens with zero attached hydrogens (tertiary/aromatic N) is 2. The Bertz CT molecular complexity index is 1100. The van der Waals surface area contributed by atoms with Gasteiger partial charge in [-0.3, -0.25) is 14.4 Å². The predicted octanol–water partition coefficient (Wildman–Crippen LogP) is 4.56. The fraction of sp³-hybridized carbons (Fsp3) is 0.424. The molecule has 0 aromatic heterocycles. The zero-order valence-electron chi connectivity index (χ0n) is 23.3. The van der Waals surface area contributed by atoms with Gasteiger partial charge in [0.05, 0.1) is 24.5 Å². The van der Waals surface area contributed by atoms with E-state index in [0.29, 0.717) is 32.4 Å². The normalized spacial score (nSPS) is 16.1. The lowest BCUT2D eigenvalue weighted by Gasteiger charge is -2.30. The summed E-state index contributed by atoms with van der Waals surface area (Å²) >= 11 is 0. The van der Waals surface area contributed by atoms with E-state index in [-0.39, 0.29) is 55.9 Å². The maximum atomic E-state index is 13.6. The zero-order chi connectivity index (χ0) is 28.7. The second-order valence-electron chi connectivity index (χ2n) is 10.3. The first-order valence-electron chi connectivity index (χ1n) is 14.1. The van der Waals surface area contributed by atoms with Crippen molar-refractivity contribution in [3.63, 3.8) is 0 Å². The number of rotatable bonds is 16. The van der Waals surface area contributed by atoms with Gasteiger partial charge in [0.15, 0.2) is 0 Å². The lowest BCUT2D eigenvalue weighted by molar-refractivity contribution is -0.152. The number of carbonyl (C=O) groups excluding carboxylic acids is 3. The van der Waals surface area contributed by atoms with E-state index >= 15 is 0 Å². The third-order valence-electron chi connectivity index (χ3n) is 7.35. The lowest BCUT2D eigenvalue weighted by Crippen LogP contribution is -2.44. The topological polar surface area (TPSA) is 87.2 Å². The first-order valence-corrected chi connectivity index (χ1v) is 14.1. The number of aliphatic hydroxyl groups excluding tert-OH is 1. The molecule has 0 radical (unpaired) electrons. The van der Waals surface area contributed by atoms with Gasteiger partial charge in [0.2, 0.25) is 11.8 Å². The van der Waals surface area contributed by atoms with Gasteiger partial charge in [0, 0.05) is 26.1 Å². The molecule has 7 nitrogen and oxygen atoms in total. The van der Waals surface area contributed by atoms with Gasteiger partial charge in [-0.05, 0) is 43.2 Å². The monoisotopic (exact) mass is 546 g/mol. The van der Waals surface area contributed by atoms with E-state index in [4.69, 9.17) is 4.74 Å². The molecule has 0 saturated carbocycles. The Hall–Kier alpha value is -3.71. The van der Waals surface area contributed by atoms with Crippen molar-refractivity contribution < 1.29 is 24.2 Å². The molecule has 7 heteroatoms. The van der Waals surface area contributed by atoms with E-state index < -0.39 is 5.92 Å². The summed E-state index contributed by atoms with van der Waals surface area (Å²) in [5.74, 6) is -1.50. The van der Waals surface area contributed by atoms with Crippen LogP contribution in [0, 0.1) is 11.8 Å². The minimum Gasteiger partial charge on any atom is -0.463 e. The number of ether oxygens (including phenoxy) is 1. The molecular weight excluding hydrogens is 504 g/mol. The second kappa shape index (κ2) is 16.4. The average molecular weight is 547 g/mol. The van der Waals surface area contributed by atoms with Crippen molar-refractivity contribution in [3.05, 3.63) is 97.1 Å². The number of benzene rings is 2. The van der Waals surface area contributed by atoms with Gasteiger partial charge < -0.3 is 19.6 Å². The molecule has 0 aliphatic carbocycles. The molecule has 2 aromatic carbocycles. The summed E-state index contributed by atoms with van der Waals surface area (Å²) in [6.07, 6.45) is 6.42. The molecule has 0 bridgehead atoms. The number of hydrogen-bond donors (Lipinski definition) is 1. The van der Waals surface area contributed by atoms with Crippen LogP contribution in [-0.4, -0.2) is 65.0 Å². The Labute approximate surface area is 238 Å². The summed E-state index contributed by atoms with van der Waals surface area (Å²) < 4.78 is 5.75. The van der Waals surface area contributed by atoms with Crippen LogP contribution in [0.25, 0.3) is 0 Å².